The second kappa shape index (κ2) is 9.69. The third-order valence-corrected chi connectivity index (χ3v) is 3.34. The fourth-order valence-electron chi connectivity index (χ4n) is 2.15. The molecule has 0 saturated heterocycles. The van der Waals surface area contributed by atoms with Gasteiger partial charge in [-0.15, -0.1) is 0 Å². The first kappa shape index (κ1) is 17.1. The van der Waals surface area contributed by atoms with E-state index in [1.807, 2.05) is 38.1 Å². The van der Waals surface area contributed by atoms with E-state index in [1.165, 1.54) is 11.1 Å². The van der Waals surface area contributed by atoms with E-state index in [9.17, 15) is 0 Å². The second-order valence-electron chi connectivity index (χ2n) is 5.03. The molecule has 23 heavy (non-hydrogen) atoms. The largest absolute Gasteiger partial charge is 0.467 e. The topological polar surface area (TPSA) is 58.8 Å². The van der Waals surface area contributed by atoms with Crippen LogP contribution in [0.5, 0.6) is 0 Å². The number of hydrogen-bond donors (Lipinski definition) is 2. The standard InChI is InChI=1S/C18H25N3O2/c1-3-19-18(21-13-17-10-7-11-23-17)20-12-15-8-5-6-9-16(15)14-22-4-2/h5-11H,3-4,12-14H2,1-2H3,(H2,19,20,21). The molecule has 1 heterocycles. The van der Waals surface area contributed by atoms with Crippen LogP contribution in [0.2, 0.25) is 0 Å². The van der Waals surface area contributed by atoms with Gasteiger partial charge in [0.1, 0.15) is 5.76 Å². The lowest BCUT2D eigenvalue weighted by molar-refractivity contribution is 0.133. The summed E-state index contributed by atoms with van der Waals surface area (Å²) in [5.41, 5.74) is 2.36. The van der Waals surface area contributed by atoms with Crippen molar-refractivity contribution in [3.63, 3.8) is 0 Å². The van der Waals surface area contributed by atoms with Crippen molar-refractivity contribution in [1.29, 1.82) is 0 Å². The molecule has 0 radical (unpaired) electrons. The molecule has 2 rings (SSSR count). The summed E-state index contributed by atoms with van der Waals surface area (Å²) in [5.74, 6) is 1.66. The Morgan fingerprint density at radius 1 is 1.09 bits per heavy atom. The second-order valence-corrected chi connectivity index (χ2v) is 5.03. The molecule has 124 valence electrons. The lowest BCUT2D eigenvalue weighted by Gasteiger charge is -2.11. The predicted octanol–water partition coefficient (Wildman–Crippen LogP) is 3.07. The summed E-state index contributed by atoms with van der Waals surface area (Å²) in [6.07, 6.45) is 1.67. The first-order valence-corrected chi connectivity index (χ1v) is 8.02. The van der Waals surface area contributed by atoms with Crippen LogP contribution in [0.3, 0.4) is 0 Å². The molecule has 0 fully saturated rings. The van der Waals surface area contributed by atoms with E-state index in [4.69, 9.17) is 9.15 Å². The van der Waals surface area contributed by atoms with Gasteiger partial charge in [-0.25, -0.2) is 4.99 Å². The number of furan rings is 1. The highest BCUT2D eigenvalue weighted by Gasteiger charge is 2.03. The van der Waals surface area contributed by atoms with Crippen molar-refractivity contribution in [2.75, 3.05) is 13.2 Å². The SMILES string of the molecule is CCNC(=NCc1ccccc1COCC)NCc1ccco1. The van der Waals surface area contributed by atoms with Crippen LogP contribution in [0.1, 0.15) is 30.7 Å². The van der Waals surface area contributed by atoms with Crippen LogP contribution in [0.15, 0.2) is 52.1 Å². The molecular weight excluding hydrogens is 290 g/mol. The third kappa shape index (κ3) is 5.79. The third-order valence-electron chi connectivity index (χ3n) is 3.34. The average Bonchev–Trinajstić information content (AvgIpc) is 3.09. The predicted molar refractivity (Wildman–Crippen MR) is 92.1 cm³/mol. The van der Waals surface area contributed by atoms with Gasteiger partial charge in [0.15, 0.2) is 5.96 Å². The van der Waals surface area contributed by atoms with E-state index >= 15 is 0 Å². The Bertz CT molecular complexity index is 594. The zero-order valence-corrected chi connectivity index (χ0v) is 13.8. The Hall–Kier alpha value is -2.27. The molecule has 0 amide bonds. The molecule has 0 unspecified atom stereocenters. The van der Waals surface area contributed by atoms with Crippen LogP contribution in [-0.2, 0) is 24.4 Å². The van der Waals surface area contributed by atoms with E-state index in [1.54, 1.807) is 6.26 Å². The summed E-state index contributed by atoms with van der Waals surface area (Å²) in [5, 5.41) is 6.51. The summed E-state index contributed by atoms with van der Waals surface area (Å²) in [6, 6.07) is 12.1. The van der Waals surface area contributed by atoms with Gasteiger partial charge in [-0.1, -0.05) is 24.3 Å². The van der Waals surface area contributed by atoms with E-state index in [0.29, 0.717) is 26.3 Å². The maximum absolute atomic E-state index is 5.52. The lowest BCUT2D eigenvalue weighted by atomic mass is 10.1. The summed E-state index contributed by atoms with van der Waals surface area (Å²) >= 11 is 0. The molecule has 0 aliphatic rings. The summed E-state index contributed by atoms with van der Waals surface area (Å²) in [4.78, 5) is 4.65. The monoisotopic (exact) mass is 315 g/mol. The van der Waals surface area contributed by atoms with Crippen LogP contribution in [-0.4, -0.2) is 19.1 Å². The molecule has 2 N–H and O–H groups in total. The van der Waals surface area contributed by atoms with Crippen LogP contribution in [0.4, 0.5) is 0 Å². The Balaban J connectivity index is 1.99. The maximum atomic E-state index is 5.52. The van der Waals surface area contributed by atoms with Crippen LogP contribution in [0, 0.1) is 0 Å². The number of nitrogens with one attached hydrogen (secondary N) is 2. The van der Waals surface area contributed by atoms with Gasteiger partial charge in [0.2, 0.25) is 0 Å². The number of hydrogen-bond acceptors (Lipinski definition) is 3. The summed E-state index contributed by atoms with van der Waals surface area (Å²) < 4.78 is 10.8. The number of guanidine groups is 1. The van der Waals surface area contributed by atoms with Crippen LogP contribution < -0.4 is 10.6 Å². The minimum Gasteiger partial charge on any atom is -0.467 e. The Labute approximate surface area is 137 Å². The number of aliphatic imine (C=N–C) groups is 1. The molecule has 5 heteroatoms. The molecule has 1 aromatic carbocycles. The highest BCUT2D eigenvalue weighted by atomic mass is 16.5. The number of ether oxygens (including phenoxy) is 1. The summed E-state index contributed by atoms with van der Waals surface area (Å²) in [7, 11) is 0. The molecule has 0 atom stereocenters. The van der Waals surface area contributed by atoms with Gasteiger partial charge in [-0.05, 0) is 37.1 Å². The van der Waals surface area contributed by atoms with Crippen molar-refractivity contribution in [1.82, 2.24) is 10.6 Å². The number of benzene rings is 1. The van der Waals surface area contributed by atoms with Crippen LogP contribution in [0.25, 0.3) is 0 Å². The van der Waals surface area contributed by atoms with Crippen molar-refractivity contribution in [3.8, 4) is 0 Å². The average molecular weight is 315 g/mol. The normalized spacial score (nSPS) is 11.5. The zero-order valence-electron chi connectivity index (χ0n) is 13.8. The maximum Gasteiger partial charge on any atom is 0.191 e. The van der Waals surface area contributed by atoms with Crippen molar-refractivity contribution < 1.29 is 9.15 Å². The molecule has 5 nitrogen and oxygen atoms in total. The van der Waals surface area contributed by atoms with Crippen molar-refractivity contribution in [3.05, 3.63) is 59.5 Å². The first-order valence-electron chi connectivity index (χ1n) is 8.02. The highest BCUT2D eigenvalue weighted by molar-refractivity contribution is 5.79. The number of nitrogens with zero attached hydrogens (tertiary/aromatic N) is 1. The van der Waals surface area contributed by atoms with Crippen molar-refractivity contribution >= 4 is 5.96 Å². The zero-order chi connectivity index (χ0) is 16.3. The fourth-order valence-corrected chi connectivity index (χ4v) is 2.15. The van der Waals surface area contributed by atoms with Gasteiger partial charge >= 0.3 is 0 Å². The number of rotatable bonds is 8. The van der Waals surface area contributed by atoms with Crippen molar-refractivity contribution in [2.45, 2.75) is 33.5 Å². The smallest absolute Gasteiger partial charge is 0.191 e. The molecule has 2 aromatic rings. The molecule has 0 spiro atoms. The lowest BCUT2D eigenvalue weighted by Crippen LogP contribution is -2.36. The molecule has 1 aromatic heterocycles. The van der Waals surface area contributed by atoms with E-state index in [-0.39, 0.29) is 0 Å². The van der Waals surface area contributed by atoms with Gasteiger partial charge in [0.25, 0.3) is 0 Å². The molecule has 0 bridgehead atoms. The van der Waals surface area contributed by atoms with E-state index in [0.717, 1.165) is 18.3 Å². The van der Waals surface area contributed by atoms with E-state index in [2.05, 4.69) is 27.8 Å². The first-order chi connectivity index (χ1) is 11.3. The fraction of sp³-hybridized carbons (Fsp3) is 0.389. The van der Waals surface area contributed by atoms with Gasteiger partial charge in [-0.3, -0.25) is 0 Å². The minimum absolute atomic E-state index is 0.608. The summed E-state index contributed by atoms with van der Waals surface area (Å²) in [6.45, 7) is 7.42. The van der Waals surface area contributed by atoms with Gasteiger partial charge in [0.05, 0.1) is 26.0 Å². The Morgan fingerprint density at radius 2 is 1.91 bits per heavy atom. The highest BCUT2D eigenvalue weighted by Crippen LogP contribution is 2.11. The molecule has 0 aliphatic carbocycles. The van der Waals surface area contributed by atoms with Gasteiger partial charge in [-0.2, -0.15) is 0 Å². The van der Waals surface area contributed by atoms with Crippen molar-refractivity contribution in [2.24, 2.45) is 4.99 Å². The molecule has 0 saturated carbocycles. The molecule has 0 aliphatic heterocycles. The van der Waals surface area contributed by atoms with Gasteiger partial charge in [0, 0.05) is 13.2 Å². The Morgan fingerprint density at radius 3 is 2.61 bits per heavy atom. The van der Waals surface area contributed by atoms with Crippen LogP contribution >= 0.6 is 0 Å². The quantitative estimate of drug-likeness (QED) is 0.580. The molecular formula is C18H25N3O2. The van der Waals surface area contributed by atoms with Gasteiger partial charge < -0.3 is 19.8 Å². The minimum atomic E-state index is 0.608. The Kier molecular flexibility index (Phi) is 7.20. The van der Waals surface area contributed by atoms with E-state index < -0.39 is 0 Å².